The number of ketones is 1. The standard InChI is InChI=1S/C17H25NOS/c1-14-6-4-5-7-15(14)16(19)8-10-18-11-9-17(2,3)20-13-12-18/h4-7H,8-13H2,1-3H3. The van der Waals surface area contributed by atoms with E-state index in [0.29, 0.717) is 11.2 Å². The second kappa shape index (κ2) is 6.77. The fourth-order valence-electron chi connectivity index (χ4n) is 2.57. The van der Waals surface area contributed by atoms with Crippen molar-refractivity contribution in [1.29, 1.82) is 0 Å². The lowest BCUT2D eigenvalue weighted by Gasteiger charge is -2.22. The number of carbonyl (C=O) groups excluding carboxylic acids is 1. The van der Waals surface area contributed by atoms with Crippen LogP contribution >= 0.6 is 11.8 Å². The molecule has 1 fully saturated rings. The van der Waals surface area contributed by atoms with E-state index in [0.717, 1.165) is 30.8 Å². The van der Waals surface area contributed by atoms with E-state index in [4.69, 9.17) is 0 Å². The lowest BCUT2D eigenvalue weighted by Crippen LogP contribution is -2.29. The first-order chi connectivity index (χ1) is 9.48. The van der Waals surface area contributed by atoms with Gasteiger partial charge in [-0.1, -0.05) is 38.1 Å². The molecule has 1 aliphatic rings. The Kier molecular flexibility index (Phi) is 5.28. The highest BCUT2D eigenvalue weighted by Gasteiger charge is 2.23. The summed E-state index contributed by atoms with van der Waals surface area (Å²) in [4.78, 5) is 14.7. The van der Waals surface area contributed by atoms with Crippen LogP contribution in [0.4, 0.5) is 0 Å². The highest BCUT2D eigenvalue weighted by Crippen LogP contribution is 2.30. The van der Waals surface area contributed by atoms with Crippen LogP contribution in [0.3, 0.4) is 0 Å². The molecule has 0 aromatic heterocycles. The Morgan fingerprint density at radius 1 is 1.30 bits per heavy atom. The summed E-state index contributed by atoms with van der Waals surface area (Å²) >= 11 is 2.05. The summed E-state index contributed by atoms with van der Waals surface area (Å²) in [6.07, 6.45) is 1.84. The van der Waals surface area contributed by atoms with Crippen molar-refractivity contribution in [1.82, 2.24) is 4.90 Å². The molecule has 2 rings (SSSR count). The minimum atomic E-state index is 0.277. The number of hydrogen-bond donors (Lipinski definition) is 0. The third-order valence-electron chi connectivity index (χ3n) is 4.03. The van der Waals surface area contributed by atoms with Crippen molar-refractivity contribution in [3.63, 3.8) is 0 Å². The third-order valence-corrected chi connectivity index (χ3v) is 5.40. The Labute approximate surface area is 126 Å². The Balaban J connectivity index is 1.86. The van der Waals surface area contributed by atoms with Crippen LogP contribution in [0, 0.1) is 6.92 Å². The monoisotopic (exact) mass is 291 g/mol. The first-order valence-electron chi connectivity index (χ1n) is 7.43. The van der Waals surface area contributed by atoms with E-state index in [1.165, 1.54) is 12.2 Å². The van der Waals surface area contributed by atoms with Crippen molar-refractivity contribution < 1.29 is 4.79 Å². The van der Waals surface area contributed by atoms with Crippen molar-refractivity contribution in [2.24, 2.45) is 0 Å². The molecule has 3 heteroatoms. The van der Waals surface area contributed by atoms with Crippen LogP contribution in [0.1, 0.15) is 42.6 Å². The van der Waals surface area contributed by atoms with E-state index in [-0.39, 0.29) is 5.78 Å². The number of thioether (sulfide) groups is 1. The van der Waals surface area contributed by atoms with Crippen molar-refractivity contribution in [3.05, 3.63) is 35.4 Å². The van der Waals surface area contributed by atoms with Gasteiger partial charge in [-0.05, 0) is 25.5 Å². The van der Waals surface area contributed by atoms with E-state index < -0.39 is 0 Å². The predicted octanol–water partition coefficient (Wildman–Crippen LogP) is 3.79. The third kappa shape index (κ3) is 4.35. The Hall–Kier alpha value is -0.800. The van der Waals surface area contributed by atoms with Gasteiger partial charge in [-0.2, -0.15) is 11.8 Å². The summed E-state index contributed by atoms with van der Waals surface area (Å²) in [5, 5.41) is 0. The van der Waals surface area contributed by atoms with Crippen LogP contribution in [0.25, 0.3) is 0 Å². The van der Waals surface area contributed by atoms with Gasteiger partial charge in [0.25, 0.3) is 0 Å². The van der Waals surface area contributed by atoms with Crippen molar-refractivity contribution in [2.45, 2.75) is 38.4 Å². The van der Waals surface area contributed by atoms with Gasteiger partial charge in [0.05, 0.1) is 0 Å². The van der Waals surface area contributed by atoms with Gasteiger partial charge in [0.15, 0.2) is 5.78 Å². The molecule has 0 spiro atoms. The van der Waals surface area contributed by atoms with Crippen molar-refractivity contribution in [3.8, 4) is 0 Å². The molecule has 1 aromatic rings. The predicted molar refractivity (Wildman–Crippen MR) is 87.7 cm³/mol. The number of hydrogen-bond acceptors (Lipinski definition) is 3. The number of Topliss-reactive ketones (excluding diaryl/α,β-unsaturated/α-hetero) is 1. The zero-order valence-corrected chi connectivity index (χ0v) is 13.6. The largest absolute Gasteiger partial charge is 0.302 e. The molecule has 1 saturated heterocycles. The van der Waals surface area contributed by atoms with Crippen LogP contribution in [0.15, 0.2) is 24.3 Å². The SMILES string of the molecule is Cc1ccccc1C(=O)CCN1CCSC(C)(C)CC1. The van der Waals surface area contributed by atoms with Gasteiger partial charge in [0, 0.05) is 35.6 Å². The molecule has 20 heavy (non-hydrogen) atoms. The highest BCUT2D eigenvalue weighted by molar-refractivity contribution is 8.00. The topological polar surface area (TPSA) is 20.3 Å². The summed E-state index contributed by atoms with van der Waals surface area (Å²) in [6.45, 7) is 9.76. The van der Waals surface area contributed by atoms with Crippen LogP contribution in [0.5, 0.6) is 0 Å². The van der Waals surface area contributed by atoms with E-state index in [1.54, 1.807) is 0 Å². The maximum atomic E-state index is 12.3. The number of rotatable bonds is 4. The molecule has 1 aliphatic heterocycles. The van der Waals surface area contributed by atoms with Crippen LogP contribution < -0.4 is 0 Å². The summed E-state index contributed by atoms with van der Waals surface area (Å²) in [7, 11) is 0. The van der Waals surface area contributed by atoms with Crippen LogP contribution in [-0.2, 0) is 0 Å². The number of aryl methyl sites for hydroxylation is 1. The number of carbonyl (C=O) groups is 1. The van der Waals surface area contributed by atoms with Gasteiger partial charge in [0.2, 0.25) is 0 Å². The smallest absolute Gasteiger partial charge is 0.164 e. The van der Waals surface area contributed by atoms with Gasteiger partial charge in [0.1, 0.15) is 0 Å². The molecule has 110 valence electrons. The van der Waals surface area contributed by atoms with Crippen molar-refractivity contribution >= 4 is 17.5 Å². The van der Waals surface area contributed by atoms with Crippen molar-refractivity contribution in [2.75, 3.05) is 25.4 Å². The minimum absolute atomic E-state index is 0.277. The fourth-order valence-corrected chi connectivity index (χ4v) is 3.70. The van der Waals surface area contributed by atoms with Gasteiger partial charge in [-0.3, -0.25) is 4.79 Å². The van der Waals surface area contributed by atoms with Gasteiger partial charge in [-0.25, -0.2) is 0 Å². The number of nitrogens with zero attached hydrogens (tertiary/aromatic N) is 1. The zero-order chi connectivity index (χ0) is 14.6. The van der Waals surface area contributed by atoms with Crippen LogP contribution in [0.2, 0.25) is 0 Å². The lowest BCUT2D eigenvalue weighted by atomic mass is 10.0. The van der Waals surface area contributed by atoms with Gasteiger partial charge in [-0.15, -0.1) is 0 Å². The molecule has 0 atom stereocenters. The summed E-state index contributed by atoms with van der Waals surface area (Å²) in [6, 6.07) is 7.89. The Morgan fingerprint density at radius 2 is 2.05 bits per heavy atom. The first-order valence-corrected chi connectivity index (χ1v) is 8.42. The molecule has 0 amide bonds. The Bertz CT molecular complexity index is 470. The molecule has 0 saturated carbocycles. The average Bonchev–Trinajstić information content (AvgIpc) is 2.57. The minimum Gasteiger partial charge on any atom is -0.302 e. The number of benzene rings is 1. The molecule has 2 nitrogen and oxygen atoms in total. The molecule has 0 bridgehead atoms. The van der Waals surface area contributed by atoms with Gasteiger partial charge < -0.3 is 4.90 Å². The van der Waals surface area contributed by atoms with E-state index in [9.17, 15) is 4.79 Å². The zero-order valence-electron chi connectivity index (χ0n) is 12.8. The van der Waals surface area contributed by atoms with E-state index in [1.807, 2.05) is 31.2 Å². The van der Waals surface area contributed by atoms with E-state index in [2.05, 4.69) is 30.5 Å². The summed E-state index contributed by atoms with van der Waals surface area (Å²) < 4.78 is 0.384. The quantitative estimate of drug-likeness (QED) is 0.787. The summed E-state index contributed by atoms with van der Waals surface area (Å²) in [5.74, 6) is 1.45. The molecule has 0 N–H and O–H groups in total. The molecular weight excluding hydrogens is 266 g/mol. The second-order valence-corrected chi connectivity index (χ2v) is 7.99. The normalized spacial score (nSPS) is 19.6. The average molecular weight is 291 g/mol. The lowest BCUT2D eigenvalue weighted by molar-refractivity contribution is 0.0964. The van der Waals surface area contributed by atoms with Crippen LogP contribution in [-0.4, -0.2) is 40.8 Å². The maximum absolute atomic E-state index is 12.3. The summed E-state index contributed by atoms with van der Waals surface area (Å²) in [5.41, 5.74) is 1.97. The van der Waals surface area contributed by atoms with E-state index >= 15 is 0 Å². The highest BCUT2D eigenvalue weighted by atomic mass is 32.2. The maximum Gasteiger partial charge on any atom is 0.164 e. The molecule has 0 aliphatic carbocycles. The molecule has 0 unspecified atom stereocenters. The Morgan fingerprint density at radius 3 is 2.80 bits per heavy atom. The fraction of sp³-hybridized carbons (Fsp3) is 0.588. The first kappa shape index (κ1) is 15.6. The molecule has 1 heterocycles. The molecule has 0 radical (unpaired) electrons. The molecule has 1 aromatic carbocycles. The van der Waals surface area contributed by atoms with Gasteiger partial charge >= 0.3 is 0 Å². The molecular formula is C17H25NOS. The second-order valence-electron chi connectivity index (χ2n) is 6.19.